The Hall–Kier alpha value is -1.63. The lowest BCUT2D eigenvalue weighted by molar-refractivity contribution is 0.0632. The zero-order valence-corrected chi connectivity index (χ0v) is 12.2. The summed E-state index contributed by atoms with van der Waals surface area (Å²) < 4.78 is 18.6. The van der Waals surface area contributed by atoms with Gasteiger partial charge in [-0.15, -0.1) is 0 Å². The quantitative estimate of drug-likeness (QED) is 0.866. The van der Waals surface area contributed by atoms with Crippen molar-refractivity contribution in [3.63, 3.8) is 0 Å². The minimum absolute atomic E-state index is 0.0900. The molecule has 104 valence electrons. The molecule has 0 saturated heterocycles. The van der Waals surface area contributed by atoms with Gasteiger partial charge in [0.1, 0.15) is 11.4 Å². The molecule has 1 amide bonds. The lowest BCUT2D eigenvalue weighted by atomic mass is 10.2. The molecule has 19 heavy (non-hydrogen) atoms. The monoisotopic (exact) mass is 333 g/mol. The molecule has 0 aliphatic heterocycles. The van der Waals surface area contributed by atoms with Crippen molar-refractivity contribution in [1.82, 2.24) is 0 Å². The van der Waals surface area contributed by atoms with Crippen LogP contribution in [0.1, 0.15) is 31.1 Å². The number of hydrogen-bond donors (Lipinski definition) is 2. The van der Waals surface area contributed by atoms with E-state index in [-0.39, 0.29) is 15.7 Å². The van der Waals surface area contributed by atoms with Gasteiger partial charge in [-0.05, 0) is 48.8 Å². The zero-order chi connectivity index (χ0) is 14.8. The first kappa shape index (κ1) is 15.4. The topological polar surface area (TPSA) is 75.6 Å². The van der Waals surface area contributed by atoms with Gasteiger partial charge in [0, 0.05) is 4.47 Å². The Kier molecular flexibility index (Phi) is 4.52. The molecule has 0 heterocycles. The lowest BCUT2D eigenvalue weighted by Gasteiger charge is -2.20. The van der Waals surface area contributed by atoms with Crippen molar-refractivity contribution >= 4 is 33.7 Å². The fraction of sp³-hybridized carbons (Fsp3) is 0.333. The van der Waals surface area contributed by atoms with Gasteiger partial charge in [0.25, 0.3) is 0 Å². The number of carbonyl (C=O) groups excluding carboxylic acids is 1. The molecule has 0 bridgehead atoms. The van der Waals surface area contributed by atoms with Gasteiger partial charge in [-0.1, -0.05) is 0 Å². The van der Waals surface area contributed by atoms with Crippen molar-refractivity contribution in [2.45, 2.75) is 26.4 Å². The smallest absolute Gasteiger partial charge is 0.412 e. The minimum atomic E-state index is -1.24. The van der Waals surface area contributed by atoms with Gasteiger partial charge < -0.3 is 9.84 Å². The van der Waals surface area contributed by atoms with E-state index in [0.29, 0.717) is 0 Å². The van der Waals surface area contributed by atoms with Gasteiger partial charge in [0.05, 0.1) is 11.3 Å². The fourth-order valence-corrected chi connectivity index (χ4v) is 1.71. The molecular weight excluding hydrogens is 321 g/mol. The molecule has 0 radical (unpaired) electrons. The molecule has 0 atom stereocenters. The van der Waals surface area contributed by atoms with Gasteiger partial charge in [-0.25, -0.2) is 14.0 Å². The lowest BCUT2D eigenvalue weighted by Crippen LogP contribution is -2.27. The van der Waals surface area contributed by atoms with Gasteiger partial charge in [-0.3, -0.25) is 5.32 Å². The third-order valence-corrected chi connectivity index (χ3v) is 2.58. The molecule has 0 saturated carbocycles. The van der Waals surface area contributed by atoms with Crippen LogP contribution in [-0.4, -0.2) is 22.8 Å². The molecule has 1 aromatic carbocycles. The number of carboxylic acid groups (broad SMARTS) is 1. The van der Waals surface area contributed by atoms with Crippen molar-refractivity contribution in [2.75, 3.05) is 5.32 Å². The number of ether oxygens (including phenoxy) is 1. The van der Waals surface area contributed by atoms with Crippen molar-refractivity contribution in [3.05, 3.63) is 28.0 Å². The number of halogens is 2. The number of nitrogens with one attached hydrogen (secondary N) is 1. The van der Waals surface area contributed by atoms with E-state index in [1.54, 1.807) is 20.8 Å². The third kappa shape index (κ3) is 4.51. The van der Waals surface area contributed by atoms with Crippen LogP contribution in [0.25, 0.3) is 0 Å². The van der Waals surface area contributed by atoms with Crippen molar-refractivity contribution in [3.8, 4) is 0 Å². The van der Waals surface area contributed by atoms with Crippen LogP contribution < -0.4 is 5.32 Å². The SMILES string of the molecule is CC(C)(C)OC(=O)Nc1cc(C(=O)O)c(Br)cc1F. The first-order chi connectivity index (χ1) is 8.60. The van der Waals surface area contributed by atoms with E-state index >= 15 is 0 Å². The molecule has 0 spiro atoms. The maximum Gasteiger partial charge on any atom is 0.412 e. The standard InChI is InChI=1S/C12H13BrFNO4/c1-12(2,3)19-11(18)15-9-4-6(10(16)17)7(13)5-8(9)14/h4-5H,1-3H3,(H,15,18)(H,16,17). The summed E-state index contributed by atoms with van der Waals surface area (Å²) >= 11 is 2.93. The zero-order valence-electron chi connectivity index (χ0n) is 10.6. The van der Waals surface area contributed by atoms with E-state index in [4.69, 9.17) is 9.84 Å². The molecule has 0 aromatic heterocycles. The Labute approximate surface area is 117 Å². The highest BCUT2D eigenvalue weighted by Crippen LogP contribution is 2.25. The second-order valence-corrected chi connectivity index (χ2v) is 5.60. The van der Waals surface area contributed by atoms with Gasteiger partial charge >= 0.3 is 12.1 Å². The number of benzene rings is 1. The van der Waals surface area contributed by atoms with Crippen LogP contribution in [-0.2, 0) is 4.74 Å². The summed E-state index contributed by atoms with van der Waals surface area (Å²) in [7, 11) is 0. The Balaban J connectivity index is 2.99. The van der Waals surface area contributed by atoms with Crippen LogP contribution in [0.4, 0.5) is 14.9 Å². The Bertz CT molecular complexity index is 525. The molecule has 0 unspecified atom stereocenters. The predicted octanol–water partition coefficient (Wildman–Crippen LogP) is 3.63. The number of carboxylic acids is 1. The van der Waals surface area contributed by atoms with Crippen LogP contribution in [0.5, 0.6) is 0 Å². The first-order valence-electron chi connectivity index (χ1n) is 5.32. The molecule has 0 aliphatic carbocycles. The van der Waals surface area contributed by atoms with Crippen molar-refractivity contribution in [2.24, 2.45) is 0 Å². The fourth-order valence-electron chi connectivity index (χ4n) is 1.22. The second-order valence-electron chi connectivity index (χ2n) is 4.74. The first-order valence-corrected chi connectivity index (χ1v) is 6.12. The summed E-state index contributed by atoms with van der Waals surface area (Å²) in [4.78, 5) is 22.4. The number of hydrogen-bond acceptors (Lipinski definition) is 3. The van der Waals surface area contributed by atoms with E-state index in [2.05, 4.69) is 21.2 Å². The number of carbonyl (C=O) groups is 2. The number of amides is 1. The average Bonchev–Trinajstić information content (AvgIpc) is 2.18. The summed E-state index contributed by atoms with van der Waals surface area (Å²) in [6.45, 7) is 4.98. The van der Waals surface area contributed by atoms with Crippen LogP contribution in [0.15, 0.2) is 16.6 Å². The van der Waals surface area contributed by atoms with Gasteiger partial charge in [-0.2, -0.15) is 0 Å². The van der Waals surface area contributed by atoms with Crippen molar-refractivity contribution in [1.29, 1.82) is 0 Å². The normalized spacial score (nSPS) is 11.0. The van der Waals surface area contributed by atoms with E-state index in [1.807, 2.05) is 0 Å². The predicted molar refractivity (Wildman–Crippen MR) is 70.9 cm³/mol. The highest BCUT2D eigenvalue weighted by atomic mass is 79.9. The Morgan fingerprint density at radius 3 is 2.42 bits per heavy atom. The number of rotatable bonds is 2. The van der Waals surface area contributed by atoms with Gasteiger partial charge in [0.15, 0.2) is 0 Å². The summed E-state index contributed by atoms with van der Waals surface area (Å²) in [6.07, 6.45) is -0.856. The summed E-state index contributed by atoms with van der Waals surface area (Å²) in [6, 6.07) is 1.99. The maximum atomic E-state index is 13.6. The molecule has 2 N–H and O–H groups in total. The van der Waals surface area contributed by atoms with Crippen LogP contribution in [0, 0.1) is 5.82 Å². The van der Waals surface area contributed by atoms with Crippen LogP contribution in [0.3, 0.4) is 0 Å². The van der Waals surface area contributed by atoms with E-state index in [9.17, 15) is 14.0 Å². The minimum Gasteiger partial charge on any atom is -0.478 e. The molecule has 1 aromatic rings. The number of aromatic carboxylic acids is 1. The Morgan fingerprint density at radius 1 is 1.37 bits per heavy atom. The van der Waals surface area contributed by atoms with Crippen LogP contribution >= 0.6 is 15.9 Å². The van der Waals surface area contributed by atoms with E-state index in [1.165, 1.54) is 0 Å². The third-order valence-electron chi connectivity index (χ3n) is 1.92. The second kappa shape index (κ2) is 5.56. The highest BCUT2D eigenvalue weighted by molar-refractivity contribution is 9.10. The molecule has 7 heteroatoms. The van der Waals surface area contributed by atoms with Crippen molar-refractivity contribution < 1.29 is 23.8 Å². The molecule has 0 fully saturated rings. The number of anilines is 1. The highest BCUT2D eigenvalue weighted by Gasteiger charge is 2.19. The van der Waals surface area contributed by atoms with E-state index in [0.717, 1.165) is 12.1 Å². The maximum absolute atomic E-state index is 13.6. The Morgan fingerprint density at radius 2 is 1.95 bits per heavy atom. The molecular formula is C12H13BrFNO4. The molecule has 1 rings (SSSR count). The summed E-state index contributed by atoms with van der Waals surface area (Å²) in [5.41, 5.74) is -1.15. The molecule has 5 nitrogen and oxygen atoms in total. The van der Waals surface area contributed by atoms with Crippen LogP contribution in [0.2, 0.25) is 0 Å². The largest absolute Gasteiger partial charge is 0.478 e. The average molecular weight is 334 g/mol. The van der Waals surface area contributed by atoms with E-state index < -0.39 is 23.5 Å². The molecule has 0 aliphatic rings. The van der Waals surface area contributed by atoms with Gasteiger partial charge in [0.2, 0.25) is 0 Å². The summed E-state index contributed by atoms with van der Waals surface area (Å²) in [5, 5.41) is 11.1. The summed E-state index contributed by atoms with van der Waals surface area (Å²) in [5.74, 6) is -2.00.